The van der Waals surface area contributed by atoms with Crippen LogP contribution < -0.4 is 10.2 Å². The van der Waals surface area contributed by atoms with Crippen LogP contribution in [0.25, 0.3) is 10.9 Å². The molecule has 0 bridgehead atoms. The molecule has 1 aliphatic rings. The minimum atomic E-state index is -3.30. The van der Waals surface area contributed by atoms with Gasteiger partial charge in [-0.15, -0.1) is 0 Å². The smallest absolute Gasteiger partial charge is 0.175 e. The van der Waals surface area contributed by atoms with E-state index in [4.69, 9.17) is 5.26 Å². The highest BCUT2D eigenvalue weighted by Crippen LogP contribution is 2.26. The maximum Gasteiger partial charge on any atom is 0.175 e. The summed E-state index contributed by atoms with van der Waals surface area (Å²) in [5, 5.41) is 13.1. The number of hydrogen-bond donors (Lipinski definition) is 1. The lowest BCUT2D eigenvalue weighted by atomic mass is 10.0. The zero-order valence-electron chi connectivity index (χ0n) is 15.9. The number of hydrogen-bond acceptors (Lipinski definition) is 8. The first-order valence-electron chi connectivity index (χ1n) is 9.26. The second-order valence-corrected chi connectivity index (χ2v) is 9.11. The minimum absolute atomic E-state index is 0.213. The number of nitriles is 1. The molecule has 4 rings (SSSR count). The molecule has 9 heteroatoms. The molecule has 1 N–H and O–H groups in total. The van der Waals surface area contributed by atoms with Gasteiger partial charge in [0, 0.05) is 37.0 Å². The van der Waals surface area contributed by atoms with Crippen LogP contribution in [-0.4, -0.2) is 48.8 Å². The Morgan fingerprint density at radius 1 is 1.14 bits per heavy atom. The van der Waals surface area contributed by atoms with Gasteiger partial charge in [-0.2, -0.15) is 5.26 Å². The Hall–Kier alpha value is -3.25. The van der Waals surface area contributed by atoms with Gasteiger partial charge in [0.25, 0.3) is 0 Å². The quantitative estimate of drug-likeness (QED) is 0.700. The molecule has 2 aromatic heterocycles. The highest BCUT2D eigenvalue weighted by Gasteiger charge is 2.21. The van der Waals surface area contributed by atoms with Crippen molar-refractivity contribution in [2.75, 3.05) is 29.6 Å². The van der Waals surface area contributed by atoms with Crippen LogP contribution in [0, 0.1) is 11.3 Å². The predicted molar refractivity (Wildman–Crippen MR) is 110 cm³/mol. The van der Waals surface area contributed by atoms with E-state index < -0.39 is 9.84 Å². The van der Waals surface area contributed by atoms with Gasteiger partial charge in [0.05, 0.1) is 16.0 Å². The van der Waals surface area contributed by atoms with Crippen LogP contribution >= 0.6 is 0 Å². The zero-order chi connectivity index (χ0) is 20.4. The third kappa shape index (κ3) is 4.12. The van der Waals surface area contributed by atoms with Crippen LogP contribution in [0.3, 0.4) is 0 Å². The van der Waals surface area contributed by atoms with Gasteiger partial charge >= 0.3 is 0 Å². The summed E-state index contributed by atoms with van der Waals surface area (Å²) in [5.74, 6) is 1.52. The maximum atomic E-state index is 11.9. The molecule has 0 spiro atoms. The second kappa shape index (κ2) is 7.64. The van der Waals surface area contributed by atoms with E-state index in [9.17, 15) is 8.42 Å². The van der Waals surface area contributed by atoms with Gasteiger partial charge in [-0.05, 0) is 43.2 Å². The van der Waals surface area contributed by atoms with E-state index in [1.54, 1.807) is 30.5 Å². The zero-order valence-corrected chi connectivity index (χ0v) is 16.7. The molecule has 3 aromatic rings. The number of nitrogens with zero attached hydrogens (tertiary/aromatic N) is 5. The van der Waals surface area contributed by atoms with Crippen LogP contribution in [-0.2, 0) is 9.84 Å². The van der Waals surface area contributed by atoms with E-state index in [1.165, 1.54) is 12.6 Å². The molecule has 0 amide bonds. The number of piperidine rings is 1. The van der Waals surface area contributed by atoms with Crippen molar-refractivity contribution in [2.24, 2.45) is 0 Å². The van der Waals surface area contributed by atoms with Gasteiger partial charge in [-0.1, -0.05) is 0 Å². The molecule has 1 aromatic carbocycles. The summed E-state index contributed by atoms with van der Waals surface area (Å²) in [7, 11) is -3.30. The van der Waals surface area contributed by atoms with E-state index in [0.29, 0.717) is 22.3 Å². The monoisotopic (exact) mass is 408 g/mol. The number of pyridine rings is 1. The minimum Gasteiger partial charge on any atom is -0.367 e. The van der Waals surface area contributed by atoms with Gasteiger partial charge in [0.15, 0.2) is 9.84 Å². The van der Waals surface area contributed by atoms with E-state index in [0.717, 1.165) is 31.7 Å². The van der Waals surface area contributed by atoms with Crippen LogP contribution in [0.1, 0.15) is 18.4 Å². The molecule has 3 heterocycles. The van der Waals surface area contributed by atoms with Gasteiger partial charge in [-0.3, -0.25) is 0 Å². The molecule has 0 atom stereocenters. The van der Waals surface area contributed by atoms with E-state index in [1.807, 2.05) is 6.07 Å². The summed E-state index contributed by atoms with van der Waals surface area (Å²) < 4.78 is 23.8. The predicted octanol–water partition coefficient (Wildman–Crippen LogP) is 2.38. The fourth-order valence-electron chi connectivity index (χ4n) is 3.47. The van der Waals surface area contributed by atoms with Crippen LogP contribution in [0.4, 0.5) is 11.6 Å². The number of nitrogens with one attached hydrogen (secondary N) is 1. The Labute approximate surface area is 169 Å². The third-order valence-electron chi connectivity index (χ3n) is 5.07. The topological polar surface area (TPSA) is 112 Å². The fourth-order valence-corrected chi connectivity index (χ4v) is 4.11. The second-order valence-electron chi connectivity index (χ2n) is 7.10. The normalized spacial score (nSPS) is 15.2. The molecule has 8 nitrogen and oxygen atoms in total. The summed E-state index contributed by atoms with van der Waals surface area (Å²) in [5.41, 5.74) is 1.25. The molecule has 29 heavy (non-hydrogen) atoms. The molecule has 148 valence electrons. The number of anilines is 2. The first kappa shape index (κ1) is 19.1. The Bertz CT molecular complexity index is 1180. The number of sulfone groups is 1. The number of fused-ring (bicyclic) bond motifs is 1. The van der Waals surface area contributed by atoms with Crippen molar-refractivity contribution in [3.8, 4) is 6.07 Å². The lowest BCUT2D eigenvalue weighted by Crippen LogP contribution is -2.39. The van der Waals surface area contributed by atoms with Crippen molar-refractivity contribution >= 4 is 32.4 Å². The molecular weight excluding hydrogens is 388 g/mol. The number of rotatable bonds is 4. The van der Waals surface area contributed by atoms with Crippen molar-refractivity contribution in [2.45, 2.75) is 23.8 Å². The summed E-state index contributed by atoms with van der Waals surface area (Å²) >= 11 is 0. The van der Waals surface area contributed by atoms with Gasteiger partial charge in [0.1, 0.15) is 24.0 Å². The highest BCUT2D eigenvalue weighted by atomic mass is 32.2. The standard InChI is InChI=1S/C20H20N6O2S/c1-29(27,28)16-3-4-18-17(10-16)20(24-13-23-18)25-15-6-8-26(9-7-15)19-5-2-14(11-21)12-22-19/h2-5,10,12-13,15H,6-9H2,1H3,(H,23,24,25). The van der Waals surface area contributed by atoms with Gasteiger partial charge < -0.3 is 10.2 Å². The van der Waals surface area contributed by atoms with E-state index in [2.05, 4.69) is 31.2 Å². The molecule has 0 aliphatic carbocycles. The van der Waals surface area contributed by atoms with E-state index >= 15 is 0 Å². The van der Waals surface area contributed by atoms with Crippen molar-refractivity contribution in [3.05, 3.63) is 48.4 Å². The summed E-state index contributed by atoms with van der Waals surface area (Å²) in [6.07, 6.45) is 6.04. The van der Waals surface area contributed by atoms with Crippen molar-refractivity contribution in [3.63, 3.8) is 0 Å². The van der Waals surface area contributed by atoms with Crippen molar-refractivity contribution < 1.29 is 8.42 Å². The largest absolute Gasteiger partial charge is 0.367 e. The highest BCUT2D eigenvalue weighted by molar-refractivity contribution is 7.90. The summed E-state index contributed by atoms with van der Waals surface area (Å²) in [4.78, 5) is 15.4. The fraction of sp³-hybridized carbons (Fsp3) is 0.300. The SMILES string of the molecule is CS(=O)(=O)c1ccc2ncnc(NC3CCN(c4ccc(C#N)cn4)CC3)c2c1. The summed E-state index contributed by atoms with van der Waals surface area (Å²) in [6, 6.07) is 10.8. The van der Waals surface area contributed by atoms with Crippen molar-refractivity contribution in [1.29, 1.82) is 5.26 Å². The van der Waals surface area contributed by atoms with Gasteiger partial charge in [0.2, 0.25) is 0 Å². The Morgan fingerprint density at radius 3 is 2.59 bits per heavy atom. The molecule has 0 radical (unpaired) electrons. The molecule has 0 saturated carbocycles. The van der Waals surface area contributed by atoms with Crippen LogP contribution in [0.5, 0.6) is 0 Å². The third-order valence-corrected chi connectivity index (χ3v) is 6.18. The van der Waals surface area contributed by atoms with E-state index in [-0.39, 0.29) is 10.9 Å². The van der Waals surface area contributed by atoms with Crippen LogP contribution in [0.2, 0.25) is 0 Å². The van der Waals surface area contributed by atoms with Gasteiger partial charge in [-0.25, -0.2) is 23.4 Å². The average molecular weight is 408 g/mol. The Balaban J connectivity index is 1.49. The first-order valence-corrected chi connectivity index (χ1v) is 11.2. The lowest BCUT2D eigenvalue weighted by Gasteiger charge is -2.33. The molecule has 1 saturated heterocycles. The summed E-state index contributed by atoms with van der Waals surface area (Å²) in [6.45, 7) is 1.66. The lowest BCUT2D eigenvalue weighted by molar-refractivity contribution is 0.523. The average Bonchev–Trinajstić information content (AvgIpc) is 2.74. The van der Waals surface area contributed by atoms with Crippen LogP contribution in [0.15, 0.2) is 47.8 Å². The first-order chi connectivity index (χ1) is 13.9. The number of benzene rings is 1. The maximum absolute atomic E-state index is 11.9. The molecule has 1 aliphatic heterocycles. The van der Waals surface area contributed by atoms with Crippen molar-refractivity contribution in [1.82, 2.24) is 15.0 Å². The molecule has 1 fully saturated rings. The Morgan fingerprint density at radius 2 is 1.93 bits per heavy atom. The number of aromatic nitrogens is 3. The molecular formula is C20H20N6O2S. The molecule has 0 unspecified atom stereocenters. The Kier molecular flexibility index (Phi) is 5.03.